The van der Waals surface area contributed by atoms with E-state index in [1.54, 1.807) is 0 Å². The highest BCUT2D eigenvalue weighted by molar-refractivity contribution is 6.21. The number of aryl methyl sites for hydroxylation is 1. The Morgan fingerprint density at radius 2 is 0.746 bits per heavy atom. The van der Waals surface area contributed by atoms with Crippen LogP contribution in [0.4, 0.5) is 0 Å². The van der Waals surface area contributed by atoms with E-state index in [-0.39, 0.29) is 10.8 Å². The van der Waals surface area contributed by atoms with E-state index in [0.717, 1.165) is 13.0 Å². The summed E-state index contributed by atoms with van der Waals surface area (Å²) in [6.07, 6.45) is 1.11. The van der Waals surface area contributed by atoms with Crippen molar-refractivity contribution in [1.82, 2.24) is 9.13 Å². The molecule has 0 aliphatic carbocycles. The van der Waals surface area contributed by atoms with Crippen LogP contribution in [-0.4, -0.2) is 9.13 Å². The Morgan fingerprint density at radius 1 is 0.366 bits per heavy atom. The molecule has 0 saturated carbocycles. The first-order chi connectivity index (χ1) is 34.4. The number of hydrogen-bond donors (Lipinski definition) is 0. The molecular weight excluding hydrogens is 857 g/mol. The van der Waals surface area contributed by atoms with Gasteiger partial charge < -0.3 is 9.13 Å². The number of fused-ring (bicyclic) bond motifs is 8. The van der Waals surface area contributed by atoms with Crippen LogP contribution >= 0.6 is 0 Å². The maximum absolute atomic E-state index is 2.49. The minimum atomic E-state index is 0.0462. The van der Waals surface area contributed by atoms with Crippen molar-refractivity contribution in [3.05, 3.63) is 211 Å². The molecular formula is C69H62N2. The fraction of sp³-hybridized carbons (Fsp3) is 0.188. The topological polar surface area (TPSA) is 9.86 Å². The van der Waals surface area contributed by atoms with Gasteiger partial charge in [0.15, 0.2) is 0 Å². The number of rotatable bonds is 9. The minimum absolute atomic E-state index is 0.0462. The second kappa shape index (κ2) is 17.0. The highest BCUT2D eigenvalue weighted by Gasteiger charge is 2.29. The van der Waals surface area contributed by atoms with E-state index in [4.69, 9.17) is 0 Å². The van der Waals surface area contributed by atoms with E-state index < -0.39 is 0 Å². The average Bonchev–Trinajstić information content (AvgIpc) is 3.90. The molecule has 0 bridgehead atoms. The normalized spacial score (nSPS) is 13.1. The van der Waals surface area contributed by atoms with Gasteiger partial charge in [-0.3, -0.25) is 0 Å². The SMILES string of the molecule is CCn1c2ccc(-c3ccc(-c4c5ccccc5c(-c5ccc(-c6ccc7c(c6)c6cc(C(C)(C)C)ccc6n7-c6ccccc6)cc5)c5ccccc45)cc3)cc2c2cc(C(C)(CC)C(C)C)ccc21. The van der Waals surface area contributed by atoms with Gasteiger partial charge >= 0.3 is 0 Å². The van der Waals surface area contributed by atoms with Gasteiger partial charge in [0, 0.05) is 44.8 Å². The maximum Gasteiger partial charge on any atom is 0.0541 e. The molecule has 1 atom stereocenters. The van der Waals surface area contributed by atoms with Gasteiger partial charge in [0.1, 0.15) is 0 Å². The van der Waals surface area contributed by atoms with Crippen molar-refractivity contribution in [3.63, 3.8) is 0 Å². The Hall–Kier alpha value is -7.68. The fourth-order valence-corrected chi connectivity index (χ4v) is 11.9. The Morgan fingerprint density at radius 3 is 1.23 bits per heavy atom. The summed E-state index contributed by atoms with van der Waals surface area (Å²) in [6, 6.07) is 75.7. The molecule has 1 unspecified atom stereocenters. The molecule has 71 heavy (non-hydrogen) atoms. The summed E-state index contributed by atoms with van der Waals surface area (Å²) in [5.41, 5.74) is 19.1. The molecule has 0 amide bonds. The van der Waals surface area contributed by atoms with Gasteiger partial charge in [-0.05, 0) is 168 Å². The van der Waals surface area contributed by atoms with Gasteiger partial charge in [-0.25, -0.2) is 0 Å². The molecule has 10 aromatic carbocycles. The van der Waals surface area contributed by atoms with Crippen LogP contribution in [0.5, 0.6) is 0 Å². The lowest BCUT2D eigenvalue weighted by atomic mass is 9.71. The first-order valence-corrected chi connectivity index (χ1v) is 25.8. The number of para-hydroxylation sites is 1. The van der Waals surface area contributed by atoms with E-state index in [2.05, 4.69) is 265 Å². The second-order valence-corrected chi connectivity index (χ2v) is 21.5. The summed E-state index contributed by atoms with van der Waals surface area (Å²) in [5.74, 6) is 0.549. The second-order valence-electron chi connectivity index (χ2n) is 21.5. The van der Waals surface area contributed by atoms with Crippen molar-refractivity contribution in [2.45, 2.75) is 79.2 Å². The van der Waals surface area contributed by atoms with Crippen molar-refractivity contribution in [2.75, 3.05) is 0 Å². The molecule has 12 aromatic rings. The molecule has 2 heteroatoms. The molecule has 12 rings (SSSR count). The zero-order valence-electron chi connectivity index (χ0n) is 42.4. The number of hydrogen-bond acceptors (Lipinski definition) is 0. The van der Waals surface area contributed by atoms with E-state index in [9.17, 15) is 0 Å². The molecule has 348 valence electrons. The number of benzene rings is 10. The summed E-state index contributed by atoms with van der Waals surface area (Å²) < 4.78 is 4.89. The molecule has 0 aliphatic heterocycles. The largest absolute Gasteiger partial charge is 0.341 e. The summed E-state index contributed by atoms with van der Waals surface area (Å²) in [5, 5.41) is 10.3. The van der Waals surface area contributed by atoms with Crippen molar-refractivity contribution in [1.29, 1.82) is 0 Å². The lowest BCUT2D eigenvalue weighted by molar-refractivity contribution is 0.326. The first-order valence-electron chi connectivity index (χ1n) is 25.8. The van der Waals surface area contributed by atoms with E-state index in [1.807, 2.05) is 0 Å². The average molecular weight is 919 g/mol. The van der Waals surface area contributed by atoms with Crippen molar-refractivity contribution in [2.24, 2.45) is 5.92 Å². The third-order valence-corrected chi connectivity index (χ3v) is 16.4. The predicted octanol–water partition coefficient (Wildman–Crippen LogP) is 19.5. The Kier molecular flexibility index (Phi) is 10.7. The Labute approximate surface area is 418 Å². The van der Waals surface area contributed by atoms with Crippen molar-refractivity contribution >= 4 is 65.2 Å². The molecule has 0 saturated heterocycles. The quantitative estimate of drug-likeness (QED) is 0.128. The van der Waals surface area contributed by atoms with Gasteiger partial charge in [-0.1, -0.05) is 188 Å². The van der Waals surface area contributed by atoms with Crippen molar-refractivity contribution < 1.29 is 0 Å². The van der Waals surface area contributed by atoms with Crippen LogP contribution in [0.3, 0.4) is 0 Å². The van der Waals surface area contributed by atoms with Crippen LogP contribution in [0.2, 0.25) is 0 Å². The molecule has 0 spiro atoms. The fourth-order valence-electron chi connectivity index (χ4n) is 11.9. The molecule has 0 radical (unpaired) electrons. The Bertz CT molecular complexity index is 3950. The van der Waals surface area contributed by atoms with Crippen LogP contribution in [0, 0.1) is 5.92 Å². The van der Waals surface area contributed by atoms with Gasteiger partial charge in [-0.15, -0.1) is 0 Å². The van der Waals surface area contributed by atoms with Gasteiger partial charge in [0.25, 0.3) is 0 Å². The van der Waals surface area contributed by atoms with Crippen LogP contribution in [-0.2, 0) is 17.4 Å². The number of nitrogens with zero attached hydrogens (tertiary/aromatic N) is 2. The molecule has 2 heterocycles. The van der Waals surface area contributed by atoms with E-state index in [0.29, 0.717) is 5.92 Å². The van der Waals surface area contributed by atoms with Gasteiger partial charge in [-0.2, -0.15) is 0 Å². The lowest BCUT2D eigenvalue weighted by Gasteiger charge is -2.33. The predicted molar refractivity (Wildman–Crippen MR) is 307 cm³/mol. The maximum atomic E-state index is 2.49. The highest BCUT2D eigenvalue weighted by Crippen LogP contribution is 2.46. The van der Waals surface area contributed by atoms with Crippen LogP contribution in [0.25, 0.3) is 115 Å². The Balaban J connectivity index is 0.927. The third kappa shape index (κ3) is 7.21. The van der Waals surface area contributed by atoms with Crippen molar-refractivity contribution in [3.8, 4) is 50.2 Å². The van der Waals surface area contributed by atoms with E-state index in [1.165, 1.54) is 126 Å². The summed E-state index contributed by atoms with van der Waals surface area (Å²) in [7, 11) is 0. The molecule has 2 aromatic heterocycles. The monoisotopic (exact) mass is 918 g/mol. The highest BCUT2D eigenvalue weighted by atomic mass is 15.0. The minimum Gasteiger partial charge on any atom is -0.341 e. The van der Waals surface area contributed by atoms with Gasteiger partial charge in [0.2, 0.25) is 0 Å². The smallest absolute Gasteiger partial charge is 0.0541 e. The standard InChI is InChI=1S/C69H62N2/c1-9-69(8,44(3)4)52-35-38-63-60(43-52)58-40-49(32-36-62(58)70(63)10-2)45-24-28-47(29-25-45)66-54-20-14-16-22-56(54)67(57-23-17-15-21-55(57)66)48-30-26-46(27-31-48)50-33-37-64-59(41-50)61-42-51(68(5,6)7)34-39-65(61)71(64)53-18-12-11-13-19-53/h11-44H,9-10H2,1-8H3. The van der Waals surface area contributed by atoms with Crippen LogP contribution < -0.4 is 0 Å². The number of aromatic nitrogens is 2. The zero-order chi connectivity index (χ0) is 48.8. The summed E-state index contributed by atoms with van der Waals surface area (Å²) in [4.78, 5) is 0. The van der Waals surface area contributed by atoms with Crippen LogP contribution in [0.15, 0.2) is 200 Å². The summed E-state index contributed by atoms with van der Waals surface area (Å²) >= 11 is 0. The van der Waals surface area contributed by atoms with E-state index >= 15 is 0 Å². The third-order valence-electron chi connectivity index (χ3n) is 16.4. The molecule has 0 fully saturated rings. The van der Waals surface area contributed by atoms with Crippen LogP contribution in [0.1, 0.15) is 72.9 Å². The lowest BCUT2D eigenvalue weighted by Crippen LogP contribution is -2.27. The molecule has 2 nitrogen and oxygen atoms in total. The molecule has 0 aliphatic rings. The van der Waals surface area contributed by atoms with Gasteiger partial charge in [0.05, 0.1) is 11.0 Å². The first kappa shape index (κ1) is 44.5. The molecule has 0 N–H and O–H groups in total. The summed E-state index contributed by atoms with van der Waals surface area (Å²) in [6.45, 7) is 19.6. The zero-order valence-corrected chi connectivity index (χ0v) is 42.4.